The van der Waals surface area contributed by atoms with Crippen molar-refractivity contribution in [1.82, 2.24) is 14.7 Å². The van der Waals surface area contributed by atoms with E-state index in [-0.39, 0.29) is 23.7 Å². The van der Waals surface area contributed by atoms with E-state index >= 15 is 13.2 Å². The second-order valence-electron chi connectivity index (χ2n) is 10.0. The maximum atomic E-state index is 15.6. The van der Waals surface area contributed by atoms with Crippen molar-refractivity contribution in [1.29, 1.82) is 0 Å². The lowest BCUT2D eigenvalue weighted by molar-refractivity contribution is -0.134. The van der Waals surface area contributed by atoms with E-state index in [1.54, 1.807) is 35.1 Å². The minimum atomic E-state index is -1.67. The van der Waals surface area contributed by atoms with Crippen molar-refractivity contribution < 1.29 is 27.1 Å². The van der Waals surface area contributed by atoms with Crippen LogP contribution in [-0.2, 0) is 23.0 Å². The second kappa shape index (κ2) is 10.1. The number of carbonyl (C=O) groups is 1. The molecule has 0 aliphatic carbocycles. The highest BCUT2D eigenvalue weighted by atomic mass is 19.1. The maximum absolute atomic E-state index is 15.6. The largest absolute Gasteiger partial charge is 0.466 e. The normalized spacial score (nSPS) is 18.3. The zero-order valence-corrected chi connectivity index (χ0v) is 21.4. The molecule has 2 atom stereocenters. The number of nitrogens with zero attached hydrogens (tertiary/aromatic N) is 3. The highest BCUT2D eigenvalue weighted by Gasteiger charge is 2.39. The smallest absolute Gasteiger partial charge is 0.330 e. The average molecular weight is 516 g/mol. The number of fused-ring (bicyclic) bond motifs is 1. The van der Waals surface area contributed by atoms with Crippen LogP contribution in [0.25, 0.3) is 17.2 Å². The van der Waals surface area contributed by atoms with E-state index in [9.17, 15) is 9.18 Å². The lowest BCUT2D eigenvalue weighted by atomic mass is 9.82. The van der Waals surface area contributed by atoms with Crippen molar-refractivity contribution in [2.75, 3.05) is 13.7 Å². The lowest BCUT2D eigenvalue weighted by Crippen LogP contribution is -2.48. The van der Waals surface area contributed by atoms with Gasteiger partial charge in [-0.2, -0.15) is 5.10 Å². The van der Waals surface area contributed by atoms with E-state index in [1.807, 2.05) is 6.92 Å². The van der Waals surface area contributed by atoms with Crippen LogP contribution in [-0.4, -0.2) is 46.0 Å². The minimum Gasteiger partial charge on any atom is -0.466 e. The van der Waals surface area contributed by atoms with E-state index in [0.717, 1.165) is 23.8 Å². The predicted octanol–water partition coefficient (Wildman–Crippen LogP) is 5.77. The molecule has 37 heavy (non-hydrogen) atoms. The quantitative estimate of drug-likeness (QED) is 0.237. The van der Waals surface area contributed by atoms with E-state index in [0.29, 0.717) is 23.1 Å². The Hall–Kier alpha value is -3.46. The van der Waals surface area contributed by atoms with Crippen LogP contribution in [0.1, 0.15) is 49.1 Å². The Labute approximate surface area is 213 Å². The van der Waals surface area contributed by atoms with E-state index in [4.69, 9.17) is 0 Å². The molecule has 2 aromatic carbocycles. The first kappa shape index (κ1) is 26.6. The van der Waals surface area contributed by atoms with Crippen molar-refractivity contribution in [3.8, 4) is 11.1 Å². The van der Waals surface area contributed by atoms with Crippen LogP contribution >= 0.6 is 0 Å². The molecule has 0 amide bonds. The fraction of sp³-hybridized carbons (Fsp3) is 0.357. The molecule has 0 fully saturated rings. The van der Waals surface area contributed by atoms with Crippen LogP contribution in [0.3, 0.4) is 0 Å². The molecule has 4 rings (SSSR count). The first-order valence-electron chi connectivity index (χ1n) is 11.9. The van der Waals surface area contributed by atoms with Crippen LogP contribution in [0.5, 0.6) is 0 Å². The third-order valence-electron chi connectivity index (χ3n) is 6.50. The zero-order chi connectivity index (χ0) is 27.1. The zero-order valence-electron chi connectivity index (χ0n) is 21.4. The van der Waals surface area contributed by atoms with Crippen molar-refractivity contribution in [2.45, 2.75) is 44.9 Å². The number of hydrogen-bond donors (Lipinski definition) is 0. The molecule has 2 unspecified atom stereocenters. The molecule has 2 heterocycles. The third kappa shape index (κ3) is 5.61. The third-order valence-corrected chi connectivity index (χ3v) is 6.50. The highest BCUT2D eigenvalue weighted by molar-refractivity contribution is 5.86. The van der Waals surface area contributed by atoms with Gasteiger partial charge in [-0.1, -0.05) is 0 Å². The van der Waals surface area contributed by atoms with Gasteiger partial charge in [0.1, 0.15) is 23.1 Å². The molecule has 5 nitrogen and oxygen atoms in total. The number of halogens is 4. The number of ether oxygens (including phenoxy) is 1. The van der Waals surface area contributed by atoms with Gasteiger partial charge < -0.3 is 4.74 Å². The van der Waals surface area contributed by atoms with Gasteiger partial charge in [-0.15, -0.1) is 0 Å². The van der Waals surface area contributed by atoms with Gasteiger partial charge in [-0.05, 0) is 74.2 Å². The fourth-order valence-corrected chi connectivity index (χ4v) is 4.91. The molecule has 1 aliphatic heterocycles. The molecule has 0 bridgehead atoms. The van der Waals surface area contributed by atoms with Crippen LogP contribution in [0, 0.1) is 17.5 Å². The van der Waals surface area contributed by atoms with Crippen molar-refractivity contribution in [3.05, 3.63) is 82.4 Å². The number of hydrogen-bond acceptors (Lipinski definition) is 4. The molecule has 3 aromatic rings. The molecule has 1 aliphatic rings. The molecular weight excluding hydrogens is 486 g/mol. The Morgan fingerprint density at radius 1 is 1.16 bits per heavy atom. The summed E-state index contributed by atoms with van der Waals surface area (Å²) in [6, 6.07) is 3.80. The molecule has 0 saturated heterocycles. The molecule has 0 radical (unpaired) electrons. The summed E-state index contributed by atoms with van der Waals surface area (Å²) in [5.74, 6) is -3.00. The maximum Gasteiger partial charge on any atom is 0.330 e. The Balaban J connectivity index is 1.88. The summed E-state index contributed by atoms with van der Waals surface area (Å²) in [6.45, 7) is 4.53. The van der Waals surface area contributed by atoms with Gasteiger partial charge >= 0.3 is 5.97 Å². The van der Waals surface area contributed by atoms with Gasteiger partial charge in [-0.25, -0.2) is 22.4 Å². The molecule has 0 saturated carbocycles. The summed E-state index contributed by atoms with van der Waals surface area (Å²) in [5, 5.41) is 4.11. The topological polar surface area (TPSA) is 47.4 Å². The number of rotatable bonds is 6. The summed E-state index contributed by atoms with van der Waals surface area (Å²) in [5.41, 5.74) is 0.153. The monoisotopic (exact) mass is 515 g/mol. The Morgan fingerprint density at radius 2 is 1.84 bits per heavy atom. The number of benzene rings is 2. The SMILES string of the molecule is COC(=O)/C=C/c1cc(F)c(C2c3cc(F)c(-c4cnn(C)c4)cc3CC(C)N2CC(C)(C)F)c(F)c1. The van der Waals surface area contributed by atoms with Gasteiger partial charge in [0, 0.05) is 48.6 Å². The standard InChI is InChI=1S/C28H29F4N3O2/c1-16-8-18-11-20(19-13-33-34(4)14-19)22(29)12-21(18)27(35(16)15-28(2,3)32)26-23(30)9-17(10-24(26)31)6-7-25(36)37-5/h6-7,9-14,16,27H,8,15H2,1-5H3/b7-6+. The summed E-state index contributed by atoms with van der Waals surface area (Å²) in [6.07, 6.45) is 5.97. The fourth-order valence-electron chi connectivity index (χ4n) is 4.91. The second-order valence-corrected chi connectivity index (χ2v) is 10.0. The van der Waals surface area contributed by atoms with Crippen LogP contribution < -0.4 is 0 Å². The number of carbonyl (C=O) groups excluding carboxylic acids is 1. The number of esters is 1. The molecule has 196 valence electrons. The molecule has 0 N–H and O–H groups in total. The van der Waals surface area contributed by atoms with Gasteiger partial charge in [0.15, 0.2) is 0 Å². The molecule has 9 heteroatoms. The van der Waals surface area contributed by atoms with E-state index in [2.05, 4.69) is 9.84 Å². The minimum absolute atomic E-state index is 0.115. The number of methoxy groups -OCH3 is 1. The average Bonchev–Trinajstić information content (AvgIpc) is 3.24. The first-order valence-corrected chi connectivity index (χ1v) is 11.9. The molecule has 1 aromatic heterocycles. The van der Waals surface area contributed by atoms with Crippen LogP contribution in [0.2, 0.25) is 0 Å². The van der Waals surface area contributed by atoms with Gasteiger partial charge in [-0.3, -0.25) is 9.58 Å². The molecular formula is C28H29F4N3O2. The summed E-state index contributed by atoms with van der Waals surface area (Å²) in [4.78, 5) is 13.1. The summed E-state index contributed by atoms with van der Waals surface area (Å²) in [7, 11) is 2.92. The van der Waals surface area contributed by atoms with Crippen molar-refractivity contribution in [3.63, 3.8) is 0 Å². The Morgan fingerprint density at radius 3 is 2.41 bits per heavy atom. The van der Waals surface area contributed by atoms with Crippen molar-refractivity contribution in [2.24, 2.45) is 7.05 Å². The lowest BCUT2D eigenvalue weighted by Gasteiger charge is -2.44. The van der Waals surface area contributed by atoms with Crippen LogP contribution in [0.4, 0.5) is 17.6 Å². The number of aromatic nitrogens is 2. The Kier molecular flexibility index (Phi) is 7.28. The number of aryl methyl sites for hydroxylation is 1. The van der Waals surface area contributed by atoms with Crippen molar-refractivity contribution >= 4 is 12.0 Å². The Bertz CT molecular complexity index is 1340. The van der Waals surface area contributed by atoms with E-state index in [1.165, 1.54) is 33.1 Å². The molecule has 0 spiro atoms. The summed E-state index contributed by atoms with van der Waals surface area (Å²) >= 11 is 0. The van der Waals surface area contributed by atoms with Gasteiger partial charge in [0.2, 0.25) is 0 Å². The van der Waals surface area contributed by atoms with E-state index < -0.39 is 35.1 Å². The highest BCUT2D eigenvalue weighted by Crippen LogP contribution is 2.43. The van der Waals surface area contributed by atoms with Gasteiger partial charge in [0.25, 0.3) is 0 Å². The summed E-state index contributed by atoms with van der Waals surface area (Å²) < 4.78 is 67.5. The predicted molar refractivity (Wildman–Crippen MR) is 133 cm³/mol. The first-order chi connectivity index (χ1) is 17.4. The van der Waals surface area contributed by atoms with Crippen LogP contribution in [0.15, 0.2) is 42.7 Å². The number of alkyl halides is 1. The van der Waals surface area contributed by atoms with Gasteiger partial charge in [0.05, 0.1) is 19.3 Å².